The van der Waals surface area contributed by atoms with Crippen molar-refractivity contribution in [1.29, 1.82) is 0 Å². The molecule has 0 aliphatic rings. The Bertz CT molecular complexity index is 1260. The Morgan fingerprint density at radius 3 is 1.22 bits per heavy atom. The first-order valence-corrected chi connectivity index (χ1v) is 13.2. The van der Waals surface area contributed by atoms with E-state index in [4.69, 9.17) is 8.83 Å². The molecule has 2 heteroatoms. The lowest BCUT2D eigenvalue weighted by Gasteiger charge is -2.06. The molecule has 0 saturated heterocycles. The predicted octanol–water partition coefficient (Wildman–Crippen LogP) is 10.2. The van der Waals surface area contributed by atoms with Crippen LogP contribution in [0.4, 0.5) is 0 Å². The van der Waals surface area contributed by atoms with Crippen molar-refractivity contribution < 1.29 is 8.83 Å². The SMILES string of the molecule is CCCCc1cc(-c2ccccc2)oc1-c1ccc(-c2oc(-c3ccccc3)cc2CCCC)cc1. The highest BCUT2D eigenvalue weighted by Crippen LogP contribution is 2.37. The zero-order valence-electron chi connectivity index (χ0n) is 21.3. The van der Waals surface area contributed by atoms with Gasteiger partial charge in [0.2, 0.25) is 0 Å². The summed E-state index contributed by atoms with van der Waals surface area (Å²) in [5, 5.41) is 0. The van der Waals surface area contributed by atoms with Crippen molar-refractivity contribution in [2.75, 3.05) is 0 Å². The van der Waals surface area contributed by atoms with Gasteiger partial charge in [-0.2, -0.15) is 0 Å². The molecule has 5 rings (SSSR count). The Labute approximate surface area is 214 Å². The number of rotatable bonds is 10. The third-order valence-electron chi connectivity index (χ3n) is 6.74. The molecule has 0 atom stereocenters. The van der Waals surface area contributed by atoms with E-state index in [0.29, 0.717) is 0 Å². The van der Waals surface area contributed by atoms with E-state index in [9.17, 15) is 0 Å². The summed E-state index contributed by atoms with van der Waals surface area (Å²) in [4.78, 5) is 0. The molecule has 2 nitrogen and oxygen atoms in total. The van der Waals surface area contributed by atoms with Gasteiger partial charge in [-0.15, -0.1) is 0 Å². The number of hydrogen-bond donors (Lipinski definition) is 0. The zero-order valence-corrected chi connectivity index (χ0v) is 21.3. The topological polar surface area (TPSA) is 26.3 Å². The summed E-state index contributed by atoms with van der Waals surface area (Å²) in [5.74, 6) is 3.82. The van der Waals surface area contributed by atoms with Crippen LogP contribution in [0.3, 0.4) is 0 Å². The van der Waals surface area contributed by atoms with E-state index in [1.54, 1.807) is 0 Å². The molecule has 3 aromatic carbocycles. The normalized spacial score (nSPS) is 11.2. The van der Waals surface area contributed by atoms with Gasteiger partial charge in [0.05, 0.1) is 0 Å². The lowest BCUT2D eigenvalue weighted by Crippen LogP contribution is -1.87. The minimum absolute atomic E-state index is 0.932. The molecule has 2 aromatic heterocycles. The second-order valence-electron chi connectivity index (χ2n) is 9.45. The molecule has 0 saturated carbocycles. The van der Waals surface area contributed by atoms with E-state index in [2.05, 4.69) is 98.8 Å². The van der Waals surface area contributed by atoms with Crippen molar-refractivity contribution >= 4 is 0 Å². The maximum Gasteiger partial charge on any atom is 0.137 e. The van der Waals surface area contributed by atoms with E-state index >= 15 is 0 Å². The molecule has 36 heavy (non-hydrogen) atoms. The van der Waals surface area contributed by atoms with Gasteiger partial charge in [-0.3, -0.25) is 0 Å². The smallest absolute Gasteiger partial charge is 0.137 e. The van der Waals surface area contributed by atoms with Gasteiger partial charge in [0.25, 0.3) is 0 Å². The molecule has 0 aliphatic carbocycles. The minimum Gasteiger partial charge on any atom is -0.456 e. The summed E-state index contributed by atoms with van der Waals surface area (Å²) >= 11 is 0. The van der Waals surface area contributed by atoms with Gasteiger partial charge in [-0.25, -0.2) is 0 Å². The summed E-state index contributed by atoms with van der Waals surface area (Å²) in [6.07, 6.45) is 6.65. The predicted molar refractivity (Wildman–Crippen MR) is 150 cm³/mol. The van der Waals surface area contributed by atoms with Crippen molar-refractivity contribution in [3.8, 4) is 45.3 Å². The highest BCUT2D eigenvalue weighted by atomic mass is 16.3. The van der Waals surface area contributed by atoms with Crippen LogP contribution in [-0.4, -0.2) is 0 Å². The highest BCUT2D eigenvalue weighted by Gasteiger charge is 2.17. The molecule has 0 bridgehead atoms. The monoisotopic (exact) mass is 474 g/mol. The van der Waals surface area contributed by atoms with Gasteiger partial charge >= 0.3 is 0 Å². The largest absolute Gasteiger partial charge is 0.456 e. The average molecular weight is 475 g/mol. The molecule has 0 aliphatic heterocycles. The van der Waals surface area contributed by atoms with Crippen LogP contribution in [0, 0.1) is 0 Å². The first-order chi connectivity index (χ1) is 17.8. The summed E-state index contributed by atoms with van der Waals surface area (Å²) in [7, 11) is 0. The first-order valence-electron chi connectivity index (χ1n) is 13.2. The van der Waals surface area contributed by atoms with Crippen LogP contribution in [-0.2, 0) is 12.8 Å². The Morgan fingerprint density at radius 2 is 0.861 bits per heavy atom. The van der Waals surface area contributed by atoms with Gasteiger partial charge in [-0.05, 0) is 48.9 Å². The Hall–Kier alpha value is -3.78. The third kappa shape index (κ3) is 5.23. The quantitative estimate of drug-likeness (QED) is 0.201. The van der Waals surface area contributed by atoms with Gasteiger partial charge in [-0.1, -0.05) is 112 Å². The van der Waals surface area contributed by atoms with Gasteiger partial charge in [0.15, 0.2) is 0 Å². The maximum absolute atomic E-state index is 6.44. The summed E-state index contributed by atoms with van der Waals surface area (Å²) in [6.45, 7) is 4.46. The maximum atomic E-state index is 6.44. The second kappa shape index (κ2) is 11.3. The van der Waals surface area contributed by atoms with Crippen LogP contribution in [0.25, 0.3) is 45.3 Å². The van der Waals surface area contributed by atoms with Crippen LogP contribution >= 0.6 is 0 Å². The van der Waals surface area contributed by atoms with Crippen LogP contribution in [0.15, 0.2) is 106 Å². The molecule has 2 heterocycles. The average Bonchev–Trinajstić information content (AvgIpc) is 3.57. The van der Waals surface area contributed by atoms with Crippen molar-refractivity contribution in [3.63, 3.8) is 0 Å². The van der Waals surface area contributed by atoms with E-state index in [0.717, 1.165) is 83.8 Å². The highest BCUT2D eigenvalue weighted by molar-refractivity contribution is 5.73. The Morgan fingerprint density at radius 1 is 0.472 bits per heavy atom. The van der Waals surface area contributed by atoms with Gasteiger partial charge in [0.1, 0.15) is 23.0 Å². The molecule has 0 spiro atoms. The number of benzene rings is 3. The van der Waals surface area contributed by atoms with Crippen molar-refractivity contribution in [2.45, 2.75) is 52.4 Å². The summed E-state index contributed by atoms with van der Waals surface area (Å²) < 4.78 is 12.9. The van der Waals surface area contributed by atoms with Gasteiger partial charge < -0.3 is 8.83 Å². The lowest BCUT2D eigenvalue weighted by atomic mass is 10.00. The molecule has 0 unspecified atom stereocenters. The van der Waals surface area contributed by atoms with Crippen LogP contribution < -0.4 is 0 Å². The molecule has 5 aromatic rings. The molecule has 182 valence electrons. The molecule has 0 amide bonds. The van der Waals surface area contributed by atoms with Crippen LogP contribution in [0.5, 0.6) is 0 Å². The summed E-state index contributed by atoms with van der Waals surface area (Å²) in [5.41, 5.74) is 6.99. The number of furan rings is 2. The number of aryl methyl sites for hydroxylation is 2. The third-order valence-corrected chi connectivity index (χ3v) is 6.74. The first kappa shape index (κ1) is 23.9. The van der Waals surface area contributed by atoms with E-state index in [-0.39, 0.29) is 0 Å². The fourth-order valence-corrected chi connectivity index (χ4v) is 4.71. The fraction of sp³-hybridized carbons (Fsp3) is 0.235. The second-order valence-corrected chi connectivity index (χ2v) is 9.45. The Balaban J connectivity index is 1.49. The number of unbranched alkanes of at least 4 members (excludes halogenated alkanes) is 2. The summed E-state index contributed by atoms with van der Waals surface area (Å²) in [6, 6.07) is 33.9. The van der Waals surface area contributed by atoms with Crippen LogP contribution in [0.2, 0.25) is 0 Å². The molecule has 0 radical (unpaired) electrons. The Kier molecular flexibility index (Phi) is 7.52. The fourth-order valence-electron chi connectivity index (χ4n) is 4.71. The number of hydrogen-bond acceptors (Lipinski definition) is 2. The molecular formula is C34H34O2. The van der Waals surface area contributed by atoms with E-state index in [1.165, 1.54) is 11.1 Å². The standard InChI is InChI=1S/C34H34O2/c1-3-5-13-29-23-31(25-15-9-7-10-16-25)35-33(29)27-19-21-28(22-20-27)34-30(14-6-4-2)24-32(36-34)26-17-11-8-12-18-26/h7-12,15-24H,3-6,13-14H2,1-2H3. The van der Waals surface area contributed by atoms with Crippen molar-refractivity contribution in [1.82, 2.24) is 0 Å². The van der Waals surface area contributed by atoms with Crippen LogP contribution in [0.1, 0.15) is 50.7 Å². The van der Waals surface area contributed by atoms with Crippen molar-refractivity contribution in [2.24, 2.45) is 0 Å². The van der Waals surface area contributed by atoms with Gasteiger partial charge in [0, 0.05) is 22.3 Å². The lowest BCUT2D eigenvalue weighted by molar-refractivity contribution is 0.591. The van der Waals surface area contributed by atoms with E-state index < -0.39 is 0 Å². The van der Waals surface area contributed by atoms with E-state index in [1.807, 2.05) is 12.1 Å². The zero-order chi connectivity index (χ0) is 24.7. The molecule has 0 N–H and O–H groups in total. The molecular weight excluding hydrogens is 440 g/mol. The minimum atomic E-state index is 0.932. The van der Waals surface area contributed by atoms with Crippen molar-refractivity contribution in [3.05, 3.63) is 108 Å². The molecule has 0 fully saturated rings.